The molecule has 0 saturated heterocycles. The first-order valence-corrected chi connectivity index (χ1v) is 9.04. The van der Waals surface area contributed by atoms with E-state index in [1.807, 2.05) is 19.1 Å². The first-order valence-electron chi connectivity index (χ1n) is 8.66. The van der Waals surface area contributed by atoms with Crippen molar-refractivity contribution in [1.29, 1.82) is 0 Å². The number of esters is 1. The highest BCUT2D eigenvalue weighted by atomic mass is 35.5. The average molecular weight is 398 g/mol. The van der Waals surface area contributed by atoms with Gasteiger partial charge in [-0.05, 0) is 49.7 Å². The van der Waals surface area contributed by atoms with Gasteiger partial charge in [-0.15, -0.1) is 0 Å². The Balaban J connectivity index is 1.89. The van der Waals surface area contributed by atoms with Crippen molar-refractivity contribution in [3.05, 3.63) is 64.9 Å². The van der Waals surface area contributed by atoms with Crippen molar-refractivity contribution in [3.8, 4) is 0 Å². The van der Waals surface area contributed by atoms with Gasteiger partial charge in [-0.2, -0.15) is 0 Å². The van der Waals surface area contributed by atoms with Crippen molar-refractivity contribution < 1.29 is 9.53 Å². The zero-order chi connectivity index (χ0) is 20.1. The molecule has 0 aliphatic heterocycles. The van der Waals surface area contributed by atoms with Crippen LogP contribution in [0, 0.1) is 6.92 Å². The highest BCUT2D eigenvalue weighted by Crippen LogP contribution is 2.31. The van der Waals surface area contributed by atoms with Crippen molar-refractivity contribution in [2.24, 2.45) is 0 Å². The van der Waals surface area contributed by atoms with Gasteiger partial charge in [0.1, 0.15) is 12.0 Å². The van der Waals surface area contributed by atoms with Crippen LogP contribution in [0.15, 0.2) is 48.8 Å². The van der Waals surface area contributed by atoms with Crippen molar-refractivity contribution in [3.63, 3.8) is 0 Å². The topological polar surface area (TPSA) is 102 Å². The summed E-state index contributed by atoms with van der Waals surface area (Å²) >= 11 is 6.00. The summed E-state index contributed by atoms with van der Waals surface area (Å²) in [6.45, 7) is 3.98. The fraction of sp³-hybridized carbons (Fsp3) is 0.150. The number of nitrogens with one attached hydrogen (secondary N) is 2. The molecule has 3 aromatic rings. The summed E-state index contributed by atoms with van der Waals surface area (Å²) in [5, 5.41) is 6.93. The van der Waals surface area contributed by atoms with Crippen LogP contribution in [0.25, 0.3) is 0 Å². The third kappa shape index (κ3) is 4.32. The number of carbonyl (C=O) groups is 1. The number of hydrogen-bond acceptors (Lipinski definition) is 7. The van der Waals surface area contributed by atoms with Gasteiger partial charge >= 0.3 is 5.97 Å². The summed E-state index contributed by atoms with van der Waals surface area (Å²) in [4.78, 5) is 20.6. The smallest absolute Gasteiger partial charge is 0.340 e. The second kappa shape index (κ2) is 8.58. The molecule has 0 spiro atoms. The Kier molecular flexibility index (Phi) is 5.96. The molecular formula is C20H20ClN5O2. The third-order valence-electron chi connectivity index (χ3n) is 4.00. The van der Waals surface area contributed by atoms with Gasteiger partial charge in [-0.1, -0.05) is 23.7 Å². The lowest BCUT2D eigenvalue weighted by atomic mass is 10.1. The molecule has 0 radical (unpaired) electrons. The SMILES string of the molecule is CCOC(=O)c1ccccc1Nc1ncnc(Nc2ccc(Cl)cc2C)c1N. The maximum atomic E-state index is 12.2. The molecule has 0 bridgehead atoms. The van der Waals surface area contributed by atoms with Gasteiger partial charge < -0.3 is 21.1 Å². The molecule has 0 aliphatic carbocycles. The minimum atomic E-state index is -0.423. The quantitative estimate of drug-likeness (QED) is 0.518. The summed E-state index contributed by atoms with van der Waals surface area (Å²) < 4.78 is 5.10. The predicted octanol–water partition coefficient (Wildman–Crippen LogP) is 4.68. The Morgan fingerprint density at radius 3 is 2.46 bits per heavy atom. The van der Waals surface area contributed by atoms with E-state index in [4.69, 9.17) is 22.1 Å². The van der Waals surface area contributed by atoms with Crippen LogP contribution in [0.2, 0.25) is 5.02 Å². The van der Waals surface area contributed by atoms with Gasteiger partial charge in [-0.25, -0.2) is 14.8 Å². The van der Waals surface area contributed by atoms with Crippen molar-refractivity contribution >= 4 is 46.3 Å². The number of anilines is 5. The number of aromatic nitrogens is 2. The molecule has 144 valence electrons. The lowest BCUT2D eigenvalue weighted by Gasteiger charge is -2.15. The molecule has 0 amide bonds. The highest BCUT2D eigenvalue weighted by molar-refractivity contribution is 6.30. The fourth-order valence-corrected chi connectivity index (χ4v) is 2.82. The van der Waals surface area contributed by atoms with Crippen molar-refractivity contribution in [1.82, 2.24) is 9.97 Å². The maximum absolute atomic E-state index is 12.2. The van der Waals surface area contributed by atoms with Crippen LogP contribution in [0.4, 0.5) is 28.7 Å². The molecule has 0 fully saturated rings. The molecule has 28 heavy (non-hydrogen) atoms. The van der Waals surface area contributed by atoms with Gasteiger partial charge in [0.25, 0.3) is 0 Å². The Hall–Kier alpha value is -3.32. The number of halogens is 1. The van der Waals surface area contributed by atoms with E-state index in [0.29, 0.717) is 33.6 Å². The Morgan fingerprint density at radius 2 is 1.79 bits per heavy atom. The molecule has 8 heteroatoms. The van der Waals surface area contributed by atoms with E-state index in [1.165, 1.54) is 6.33 Å². The normalized spacial score (nSPS) is 10.4. The summed E-state index contributed by atoms with van der Waals surface area (Å²) in [7, 11) is 0. The Bertz CT molecular complexity index is 1010. The van der Waals surface area contributed by atoms with E-state index in [2.05, 4.69) is 20.6 Å². The molecule has 0 aliphatic rings. The van der Waals surface area contributed by atoms with Crippen molar-refractivity contribution in [2.75, 3.05) is 23.0 Å². The fourth-order valence-electron chi connectivity index (χ4n) is 2.60. The van der Waals surface area contributed by atoms with E-state index in [9.17, 15) is 4.79 Å². The van der Waals surface area contributed by atoms with Crippen LogP contribution in [-0.4, -0.2) is 22.5 Å². The van der Waals surface area contributed by atoms with Crippen LogP contribution in [0.5, 0.6) is 0 Å². The van der Waals surface area contributed by atoms with Crippen molar-refractivity contribution in [2.45, 2.75) is 13.8 Å². The number of hydrogen-bond donors (Lipinski definition) is 3. The van der Waals surface area contributed by atoms with Gasteiger partial charge in [0.15, 0.2) is 11.6 Å². The van der Waals surface area contributed by atoms with E-state index < -0.39 is 5.97 Å². The Labute approximate surface area is 167 Å². The van der Waals surface area contributed by atoms with E-state index >= 15 is 0 Å². The summed E-state index contributed by atoms with van der Waals surface area (Å²) in [6.07, 6.45) is 1.39. The monoisotopic (exact) mass is 397 g/mol. The lowest BCUT2D eigenvalue weighted by Crippen LogP contribution is -2.10. The zero-order valence-corrected chi connectivity index (χ0v) is 16.2. The predicted molar refractivity (Wildman–Crippen MR) is 112 cm³/mol. The number of para-hydroxylation sites is 1. The number of carbonyl (C=O) groups excluding carboxylic acids is 1. The number of ether oxygens (including phenoxy) is 1. The molecule has 1 heterocycles. The largest absolute Gasteiger partial charge is 0.462 e. The summed E-state index contributed by atoms with van der Waals surface area (Å²) in [5.74, 6) is 0.394. The van der Waals surface area contributed by atoms with Crippen LogP contribution in [0.1, 0.15) is 22.8 Å². The van der Waals surface area contributed by atoms with Crippen LogP contribution in [-0.2, 0) is 4.74 Å². The van der Waals surface area contributed by atoms with Gasteiger partial charge in [0.2, 0.25) is 0 Å². The minimum absolute atomic E-state index is 0.289. The molecule has 3 rings (SSSR count). The summed E-state index contributed by atoms with van der Waals surface area (Å²) in [6, 6.07) is 12.5. The van der Waals surface area contributed by atoms with Gasteiger partial charge in [0, 0.05) is 10.7 Å². The van der Waals surface area contributed by atoms with E-state index in [1.54, 1.807) is 37.3 Å². The molecule has 1 aromatic heterocycles. The van der Waals surface area contributed by atoms with Crippen LogP contribution in [0.3, 0.4) is 0 Å². The molecule has 4 N–H and O–H groups in total. The zero-order valence-electron chi connectivity index (χ0n) is 15.5. The minimum Gasteiger partial charge on any atom is -0.462 e. The molecule has 0 atom stereocenters. The standard InChI is InChI=1S/C20H20ClN5O2/c1-3-28-20(27)14-6-4-5-7-16(14)26-19-17(22)18(23-11-24-19)25-15-9-8-13(21)10-12(15)2/h4-11H,3,22H2,1-2H3,(H2,23,24,25,26). The third-order valence-corrected chi connectivity index (χ3v) is 4.24. The molecule has 7 nitrogen and oxygen atoms in total. The number of benzene rings is 2. The average Bonchev–Trinajstić information content (AvgIpc) is 2.67. The number of nitrogens with two attached hydrogens (primary N) is 1. The number of nitrogen functional groups attached to an aromatic ring is 1. The molecule has 2 aromatic carbocycles. The highest BCUT2D eigenvalue weighted by Gasteiger charge is 2.15. The van der Waals surface area contributed by atoms with E-state index in [-0.39, 0.29) is 6.61 Å². The molecular weight excluding hydrogens is 378 g/mol. The lowest BCUT2D eigenvalue weighted by molar-refractivity contribution is 0.0527. The number of rotatable bonds is 6. The van der Waals surface area contributed by atoms with E-state index in [0.717, 1.165) is 11.3 Å². The van der Waals surface area contributed by atoms with Gasteiger partial charge in [0.05, 0.1) is 17.9 Å². The molecule has 0 saturated carbocycles. The second-order valence-corrected chi connectivity index (χ2v) is 6.40. The number of aryl methyl sites for hydroxylation is 1. The van der Waals surface area contributed by atoms with Gasteiger partial charge in [-0.3, -0.25) is 0 Å². The maximum Gasteiger partial charge on any atom is 0.340 e. The number of nitrogens with zero attached hydrogens (tertiary/aromatic N) is 2. The second-order valence-electron chi connectivity index (χ2n) is 5.96. The van der Waals surface area contributed by atoms with Crippen LogP contribution >= 0.6 is 11.6 Å². The Morgan fingerprint density at radius 1 is 1.11 bits per heavy atom. The first kappa shape index (κ1) is 19.4. The first-order chi connectivity index (χ1) is 13.5. The summed E-state index contributed by atoms with van der Waals surface area (Å²) in [5.41, 5.74) is 9.28. The molecule has 0 unspecified atom stereocenters. The van der Waals surface area contributed by atoms with Crippen LogP contribution < -0.4 is 16.4 Å².